The molecule has 4 rings (SSSR count). The predicted molar refractivity (Wildman–Crippen MR) is 104 cm³/mol. The van der Waals surface area contributed by atoms with E-state index in [2.05, 4.69) is 4.90 Å². The zero-order valence-corrected chi connectivity index (χ0v) is 15.8. The Labute approximate surface area is 155 Å². The Morgan fingerprint density at radius 1 is 1.04 bits per heavy atom. The van der Waals surface area contributed by atoms with Crippen molar-refractivity contribution in [3.05, 3.63) is 35.5 Å². The van der Waals surface area contributed by atoms with Crippen LogP contribution in [0.5, 0.6) is 5.75 Å². The Bertz CT molecular complexity index is 789. The van der Waals surface area contributed by atoms with Gasteiger partial charge in [0.1, 0.15) is 5.75 Å². The summed E-state index contributed by atoms with van der Waals surface area (Å²) in [5, 5.41) is 0.969. The maximum atomic E-state index is 13.6. The first kappa shape index (κ1) is 17.3. The van der Waals surface area contributed by atoms with Crippen LogP contribution in [0.25, 0.3) is 10.9 Å². The topological polar surface area (TPSA) is 42.4 Å². The lowest BCUT2D eigenvalue weighted by molar-refractivity contribution is 0.0579. The molecule has 2 aliphatic rings. The van der Waals surface area contributed by atoms with Gasteiger partial charge >= 0.3 is 0 Å². The first-order chi connectivity index (χ1) is 12.7. The summed E-state index contributed by atoms with van der Waals surface area (Å²) in [5.41, 5.74) is 2.49. The number of carbonyl (C=O) groups excluding carboxylic acids is 1. The van der Waals surface area contributed by atoms with Gasteiger partial charge in [-0.15, -0.1) is 0 Å². The number of pyridine rings is 1. The van der Waals surface area contributed by atoms with Crippen molar-refractivity contribution in [2.24, 2.45) is 0 Å². The maximum Gasteiger partial charge on any atom is 0.256 e. The number of ether oxygens (including phenoxy) is 1. The van der Waals surface area contributed by atoms with Gasteiger partial charge in [-0.2, -0.15) is 0 Å². The van der Waals surface area contributed by atoms with Crippen LogP contribution in [-0.4, -0.2) is 35.0 Å². The largest absolute Gasteiger partial charge is 0.497 e. The van der Waals surface area contributed by atoms with E-state index < -0.39 is 0 Å². The van der Waals surface area contributed by atoms with Gasteiger partial charge in [0.25, 0.3) is 5.91 Å². The minimum absolute atomic E-state index is 0.179. The lowest BCUT2D eigenvalue weighted by Gasteiger charge is -2.35. The van der Waals surface area contributed by atoms with Crippen LogP contribution in [0.2, 0.25) is 0 Å². The molecule has 2 aliphatic carbocycles. The lowest BCUT2D eigenvalue weighted by Crippen LogP contribution is -2.45. The number of aryl methyl sites for hydroxylation is 1. The molecular weight excluding hydrogens is 324 g/mol. The second kappa shape index (κ2) is 7.26. The Balaban J connectivity index is 1.73. The highest BCUT2D eigenvalue weighted by Crippen LogP contribution is 2.33. The van der Waals surface area contributed by atoms with Crippen molar-refractivity contribution in [2.75, 3.05) is 7.11 Å². The van der Waals surface area contributed by atoms with Crippen LogP contribution >= 0.6 is 0 Å². The monoisotopic (exact) mass is 352 g/mol. The van der Waals surface area contributed by atoms with Crippen molar-refractivity contribution in [3.8, 4) is 5.75 Å². The molecule has 0 bridgehead atoms. The number of methoxy groups -OCH3 is 1. The molecule has 138 valence electrons. The van der Waals surface area contributed by atoms with E-state index in [1.807, 2.05) is 31.2 Å². The van der Waals surface area contributed by atoms with Gasteiger partial charge in [0.15, 0.2) is 0 Å². The molecule has 0 N–H and O–H groups in total. The van der Waals surface area contributed by atoms with Gasteiger partial charge in [-0.25, -0.2) is 0 Å². The van der Waals surface area contributed by atoms with Crippen LogP contribution in [0.1, 0.15) is 67.4 Å². The van der Waals surface area contributed by atoms with E-state index in [9.17, 15) is 4.79 Å². The summed E-state index contributed by atoms with van der Waals surface area (Å²) in [6.07, 6.45) is 9.57. The van der Waals surface area contributed by atoms with E-state index in [0.29, 0.717) is 12.1 Å². The molecule has 0 spiro atoms. The highest BCUT2D eigenvalue weighted by molar-refractivity contribution is 5.99. The summed E-state index contributed by atoms with van der Waals surface area (Å²) in [5.74, 6) is 0.975. The van der Waals surface area contributed by atoms with Crippen LogP contribution in [0, 0.1) is 6.92 Å². The van der Waals surface area contributed by atoms with Crippen LogP contribution in [0.4, 0.5) is 0 Å². The lowest BCUT2D eigenvalue weighted by atomic mass is 10.0. The minimum atomic E-state index is 0.179. The highest BCUT2D eigenvalue weighted by Gasteiger charge is 2.35. The molecule has 1 heterocycles. The van der Waals surface area contributed by atoms with Gasteiger partial charge in [-0.3, -0.25) is 9.78 Å². The fourth-order valence-corrected chi connectivity index (χ4v) is 4.73. The molecule has 0 aliphatic heterocycles. The van der Waals surface area contributed by atoms with Gasteiger partial charge in [0.05, 0.1) is 23.9 Å². The summed E-state index contributed by atoms with van der Waals surface area (Å²) < 4.78 is 5.34. The first-order valence-corrected chi connectivity index (χ1v) is 9.95. The van der Waals surface area contributed by atoms with Crippen molar-refractivity contribution in [1.29, 1.82) is 0 Å². The Kier molecular flexibility index (Phi) is 4.84. The molecule has 0 atom stereocenters. The SMILES string of the molecule is COc1ccc2nc(C)c(C(=O)N(C3CCCC3)C3CCCC3)cc2c1. The Morgan fingerprint density at radius 2 is 1.65 bits per heavy atom. The van der Waals surface area contributed by atoms with Crippen molar-refractivity contribution in [1.82, 2.24) is 9.88 Å². The van der Waals surface area contributed by atoms with Crippen LogP contribution in [0.15, 0.2) is 24.3 Å². The van der Waals surface area contributed by atoms with Gasteiger partial charge in [0.2, 0.25) is 0 Å². The number of carbonyl (C=O) groups is 1. The molecule has 0 unspecified atom stereocenters. The standard InChI is InChI=1S/C22H28N2O2/c1-15-20(14-16-13-19(26-2)11-12-21(16)23-15)22(25)24(17-7-3-4-8-17)18-9-5-6-10-18/h11-14,17-18H,3-10H2,1-2H3. The molecule has 0 saturated heterocycles. The fraction of sp³-hybridized carbons (Fsp3) is 0.545. The van der Waals surface area contributed by atoms with E-state index in [4.69, 9.17) is 9.72 Å². The Morgan fingerprint density at radius 3 is 2.23 bits per heavy atom. The molecule has 26 heavy (non-hydrogen) atoms. The molecule has 1 aromatic heterocycles. The summed E-state index contributed by atoms with van der Waals surface area (Å²) in [7, 11) is 1.66. The first-order valence-electron chi connectivity index (χ1n) is 9.95. The fourth-order valence-electron chi connectivity index (χ4n) is 4.73. The predicted octanol–water partition coefficient (Wildman–Crippen LogP) is 4.88. The third-order valence-corrected chi connectivity index (χ3v) is 6.11. The molecule has 1 amide bonds. The summed E-state index contributed by atoms with van der Waals surface area (Å²) in [6.45, 7) is 1.96. The van der Waals surface area contributed by atoms with Crippen molar-refractivity contribution < 1.29 is 9.53 Å². The number of hydrogen-bond donors (Lipinski definition) is 0. The quantitative estimate of drug-likeness (QED) is 0.787. The minimum Gasteiger partial charge on any atom is -0.497 e. The van der Waals surface area contributed by atoms with E-state index in [1.54, 1.807) is 7.11 Å². The third-order valence-electron chi connectivity index (χ3n) is 6.11. The Hall–Kier alpha value is -2.10. The normalized spacial score (nSPS) is 18.5. The molecule has 0 radical (unpaired) electrons. The van der Waals surface area contributed by atoms with E-state index in [0.717, 1.165) is 53.6 Å². The van der Waals surface area contributed by atoms with Crippen molar-refractivity contribution in [2.45, 2.75) is 70.4 Å². The second-order valence-electron chi connectivity index (χ2n) is 7.77. The summed E-state index contributed by atoms with van der Waals surface area (Å²) >= 11 is 0. The molecular formula is C22H28N2O2. The zero-order valence-electron chi connectivity index (χ0n) is 15.8. The van der Waals surface area contributed by atoms with Crippen molar-refractivity contribution >= 4 is 16.8 Å². The smallest absolute Gasteiger partial charge is 0.256 e. The van der Waals surface area contributed by atoms with Crippen molar-refractivity contribution in [3.63, 3.8) is 0 Å². The van der Waals surface area contributed by atoms with Gasteiger partial charge in [-0.1, -0.05) is 25.7 Å². The van der Waals surface area contributed by atoms with Crippen LogP contribution < -0.4 is 4.74 Å². The number of amides is 1. The highest BCUT2D eigenvalue weighted by atomic mass is 16.5. The molecule has 2 aromatic rings. The third kappa shape index (κ3) is 3.17. The maximum absolute atomic E-state index is 13.6. The zero-order chi connectivity index (χ0) is 18.1. The van der Waals surface area contributed by atoms with Crippen LogP contribution in [-0.2, 0) is 0 Å². The molecule has 4 nitrogen and oxygen atoms in total. The summed E-state index contributed by atoms with van der Waals surface area (Å²) in [4.78, 5) is 20.5. The van der Waals surface area contributed by atoms with E-state index in [1.165, 1.54) is 25.7 Å². The van der Waals surface area contributed by atoms with E-state index in [-0.39, 0.29) is 5.91 Å². The number of aromatic nitrogens is 1. The van der Waals surface area contributed by atoms with Crippen LogP contribution in [0.3, 0.4) is 0 Å². The second-order valence-corrected chi connectivity index (χ2v) is 7.77. The average Bonchev–Trinajstić information content (AvgIpc) is 3.35. The van der Waals surface area contributed by atoms with Gasteiger partial charge in [0, 0.05) is 17.5 Å². The number of nitrogens with zero attached hydrogens (tertiary/aromatic N) is 2. The van der Waals surface area contributed by atoms with E-state index >= 15 is 0 Å². The summed E-state index contributed by atoms with van der Waals surface area (Å²) in [6, 6.07) is 8.67. The number of rotatable bonds is 4. The number of fused-ring (bicyclic) bond motifs is 1. The molecule has 4 heteroatoms. The van der Waals surface area contributed by atoms with Gasteiger partial charge < -0.3 is 9.64 Å². The average molecular weight is 352 g/mol. The number of hydrogen-bond acceptors (Lipinski definition) is 3. The number of benzene rings is 1. The molecule has 2 fully saturated rings. The molecule has 1 aromatic carbocycles. The van der Waals surface area contributed by atoms with Gasteiger partial charge in [-0.05, 0) is 56.9 Å². The molecule has 2 saturated carbocycles.